The van der Waals surface area contributed by atoms with E-state index in [1.165, 1.54) is 0 Å². The minimum absolute atomic E-state index is 0.0417. The molecule has 0 radical (unpaired) electrons. The molecule has 0 bridgehead atoms. The zero-order valence-corrected chi connectivity index (χ0v) is 8.63. The molecule has 0 aromatic rings. The van der Waals surface area contributed by atoms with Crippen molar-refractivity contribution in [2.24, 2.45) is 0 Å². The Kier molecular flexibility index (Phi) is 15.7. The first-order chi connectivity index (χ1) is 3.77. The van der Waals surface area contributed by atoms with Gasteiger partial charge in [0.25, 0.3) is 0 Å². The first-order valence-electron chi connectivity index (χ1n) is 1.78. The summed E-state index contributed by atoms with van der Waals surface area (Å²) >= 11 is 4.24. The van der Waals surface area contributed by atoms with Gasteiger partial charge in [-0.25, -0.2) is 0 Å². The smallest absolute Gasteiger partial charge is 0.317 e. The molecule has 0 aliphatic carbocycles. The van der Waals surface area contributed by atoms with Crippen LogP contribution in [0.3, 0.4) is 0 Å². The van der Waals surface area contributed by atoms with Gasteiger partial charge in [0, 0.05) is 37.2 Å². The molecule has 0 aromatic carbocycles. The predicted octanol–water partition coefficient (Wildman–Crippen LogP) is 1.06. The second kappa shape index (κ2) is 10.8. The summed E-state index contributed by atoms with van der Waals surface area (Å²) in [6, 6.07) is 0. The topological polar surface area (TPSA) is 49.3 Å². The normalized spacial score (nSPS) is 6.88. The zero-order valence-electron chi connectivity index (χ0n) is 4.32. The van der Waals surface area contributed by atoms with Crippen LogP contribution in [0.25, 0.3) is 0 Å². The fraction of sp³-hybridized carbons (Fsp3) is 0.667. The highest BCUT2D eigenvalue weighted by Gasteiger charge is 1.86. The van der Waals surface area contributed by atoms with Crippen molar-refractivity contribution in [2.45, 2.75) is 0 Å². The molecule has 2 N–H and O–H groups in total. The number of carbonyl (C=O) groups is 1. The van der Waals surface area contributed by atoms with Crippen molar-refractivity contribution >= 4 is 43.2 Å². The fourth-order valence-electron chi connectivity index (χ4n) is 0.151. The molecule has 0 heterocycles. The maximum Gasteiger partial charge on any atom is 0.317 e. The summed E-state index contributed by atoms with van der Waals surface area (Å²) < 4.78 is 0. The van der Waals surface area contributed by atoms with Crippen LogP contribution in [0.1, 0.15) is 0 Å². The molecule has 0 saturated heterocycles. The van der Waals surface area contributed by atoms with Crippen LogP contribution in [0.15, 0.2) is 0 Å². The van der Waals surface area contributed by atoms with E-state index in [9.17, 15) is 4.79 Å². The van der Waals surface area contributed by atoms with Gasteiger partial charge >= 0.3 is 5.97 Å². The SMILES string of the molecule is CNCC(=O)O.II. The predicted molar refractivity (Wildman–Crippen MR) is 49.6 cm³/mol. The fourth-order valence-corrected chi connectivity index (χ4v) is 0.151. The molecule has 0 spiro atoms. The van der Waals surface area contributed by atoms with E-state index >= 15 is 0 Å². The van der Waals surface area contributed by atoms with Gasteiger partial charge in [-0.2, -0.15) is 0 Å². The molecule has 0 aliphatic heterocycles. The van der Waals surface area contributed by atoms with E-state index in [0.717, 1.165) is 0 Å². The lowest BCUT2D eigenvalue weighted by Crippen LogP contribution is -2.16. The third kappa shape index (κ3) is 15.8. The monoisotopic (exact) mass is 343 g/mol. The third-order valence-electron chi connectivity index (χ3n) is 0.328. The van der Waals surface area contributed by atoms with E-state index < -0.39 is 5.97 Å². The van der Waals surface area contributed by atoms with Gasteiger partial charge in [0.2, 0.25) is 0 Å². The van der Waals surface area contributed by atoms with Crippen molar-refractivity contribution in [3.8, 4) is 0 Å². The number of hydrogen-bond donors (Lipinski definition) is 2. The highest BCUT2D eigenvalue weighted by molar-refractivity contribution is 15.0. The van der Waals surface area contributed by atoms with Crippen molar-refractivity contribution in [1.82, 2.24) is 5.32 Å². The number of rotatable bonds is 2. The van der Waals surface area contributed by atoms with Gasteiger partial charge < -0.3 is 10.4 Å². The second-order valence-electron chi connectivity index (χ2n) is 0.924. The van der Waals surface area contributed by atoms with Crippen LogP contribution in [0.2, 0.25) is 0 Å². The Morgan fingerprint density at radius 2 is 2.12 bits per heavy atom. The molecule has 0 unspecified atom stereocenters. The minimum atomic E-state index is -0.822. The lowest BCUT2D eigenvalue weighted by Gasteiger charge is -1.84. The van der Waals surface area contributed by atoms with E-state index in [4.69, 9.17) is 5.11 Å². The molecule has 0 amide bonds. The zero-order chi connectivity index (χ0) is 6.99. The van der Waals surface area contributed by atoms with Crippen LogP contribution in [0.4, 0.5) is 0 Å². The Bertz CT molecular complexity index is 59.2. The third-order valence-corrected chi connectivity index (χ3v) is 0.328. The van der Waals surface area contributed by atoms with Gasteiger partial charge in [-0.1, -0.05) is 0 Å². The first-order valence-corrected chi connectivity index (χ1v) is 8.06. The molecule has 0 saturated carbocycles. The molecular formula is C3H7I2NO2. The van der Waals surface area contributed by atoms with Gasteiger partial charge in [-0.3, -0.25) is 4.79 Å². The van der Waals surface area contributed by atoms with Gasteiger partial charge in [-0.15, -0.1) is 0 Å². The molecule has 0 aliphatic rings. The number of carboxylic acids is 1. The highest BCUT2D eigenvalue weighted by Crippen LogP contribution is 1.89. The lowest BCUT2D eigenvalue weighted by molar-refractivity contribution is -0.135. The summed E-state index contributed by atoms with van der Waals surface area (Å²) in [4.78, 5) is 9.54. The van der Waals surface area contributed by atoms with Crippen molar-refractivity contribution in [3.63, 3.8) is 0 Å². The summed E-state index contributed by atoms with van der Waals surface area (Å²) in [7, 11) is 1.59. The van der Waals surface area contributed by atoms with E-state index in [0.29, 0.717) is 0 Å². The van der Waals surface area contributed by atoms with Crippen molar-refractivity contribution < 1.29 is 9.90 Å². The lowest BCUT2D eigenvalue weighted by atomic mass is 10.7. The standard InChI is InChI=1S/C3H7NO2.I2/c1-4-2-3(5)6;1-2/h4H,2H2,1H3,(H,5,6);. The average Bonchev–Trinajstić information content (AvgIpc) is 1.72. The molecule has 50 valence electrons. The Labute approximate surface area is 71.5 Å². The molecular weight excluding hydrogens is 336 g/mol. The molecule has 0 fully saturated rings. The summed E-state index contributed by atoms with van der Waals surface area (Å²) in [5.41, 5.74) is 0. The number of likely N-dealkylation sites (N-methyl/N-ethyl adjacent to an activating group) is 1. The number of nitrogens with one attached hydrogen (secondary N) is 1. The first kappa shape index (κ1) is 11.7. The van der Waals surface area contributed by atoms with Crippen molar-refractivity contribution in [2.75, 3.05) is 13.6 Å². The molecule has 3 nitrogen and oxygen atoms in total. The minimum Gasteiger partial charge on any atom is -0.480 e. The number of aliphatic carboxylic acids is 1. The Morgan fingerprint density at radius 1 is 1.75 bits per heavy atom. The maximum absolute atomic E-state index is 9.54. The van der Waals surface area contributed by atoms with Gasteiger partial charge in [0.1, 0.15) is 0 Å². The van der Waals surface area contributed by atoms with Gasteiger partial charge in [-0.05, 0) is 7.05 Å². The highest BCUT2D eigenvalue weighted by atomic mass is 128. The van der Waals surface area contributed by atoms with Crippen molar-refractivity contribution in [3.05, 3.63) is 0 Å². The van der Waals surface area contributed by atoms with E-state index in [1.807, 2.05) is 0 Å². The quantitative estimate of drug-likeness (QED) is 0.738. The summed E-state index contributed by atoms with van der Waals surface area (Å²) in [6.45, 7) is 0.0417. The van der Waals surface area contributed by atoms with Crippen LogP contribution in [-0.4, -0.2) is 24.7 Å². The second-order valence-corrected chi connectivity index (χ2v) is 0.924. The maximum atomic E-state index is 9.54. The molecule has 8 heavy (non-hydrogen) atoms. The van der Waals surface area contributed by atoms with Gasteiger partial charge in [0.15, 0.2) is 0 Å². The largest absolute Gasteiger partial charge is 0.480 e. The molecule has 5 heteroatoms. The van der Waals surface area contributed by atoms with E-state index in [-0.39, 0.29) is 6.54 Å². The van der Waals surface area contributed by atoms with Crippen molar-refractivity contribution in [1.29, 1.82) is 0 Å². The Balaban J connectivity index is 0. The average molecular weight is 343 g/mol. The number of hydrogen-bond acceptors (Lipinski definition) is 2. The molecule has 0 rings (SSSR count). The number of halogens is 2. The summed E-state index contributed by atoms with van der Waals surface area (Å²) in [5, 5.41) is 10.3. The Morgan fingerprint density at radius 3 is 2.12 bits per heavy atom. The van der Waals surface area contributed by atoms with E-state index in [1.54, 1.807) is 7.05 Å². The molecule has 0 atom stereocenters. The summed E-state index contributed by atoms with van der Waals surface area (Å²) in [6.07, 6.45) is 0. The molecule has 0 aromatic heterocycles. The van der Waals surface area contributed by atoms with Crippen LogP contribution in [0.5, 0.6) is 0 Å². The van der Waals surface area contributed by atoms with Gasteiger partial charge in [0.05, 0.1) is 6.54 Å². The van der Waals surface area contributed by atoms with Crippen LogP contribution >= 0.6 is 37.2 Å². The van der Waals surface area contributed by atoms with Crippen LogP contribution < -0.4 is 5.32 Å². The Hall–Kier alpha value is 0.890. The van der Waals surface area contributed by atoms with Crippen LogP contribution in [0, 0.1) is 0 Å². The van der Waals surface area contributed by atoms with E-state index in [2.05, 4.69) is 42.5 Å². The summed E-state index contributed by atoms with van der Waals surface area (Å²) in [5.74, 6) is -0.822. The van der Waals surface area contributed by atoms with Crippen LogP contribution in [-0.2, 0) is 4.79 Å². The number of carboxylic acid groups (broad SMARTS) is 1.